The summed E-state index contributed by atoms with van der Waals surface area (Å²) in [6.07, 6.45) is 0.356. The number of hydrogen-bond donors (Lipinski definition) is 1. The second-order valence-electron chi connectivity index (χ2n) is 8.26. The van der Waals surface area contributed by atoms with Gasteiger partial charge in [0, 0.05) is 30.5 Å². The number of halogens is 2. The fourth-order valence-corrected chi connectivity index (χ4v) is 3.79. The van der Waals surface area contributed by atoms with Crippen molar-refractivity contribution in [2.45, 2.75) is 39.4 Å². The normalized spacial score (nSPS) is 11.8. The molecule has 0 spiro atoms. The predicted molar refractivity (Wildman–Crippen MR) is 129 cm³/mol. The Balaban J connectivity index is 1.90. The van der Waals surface area contributed by atoms with Gasteiger partial charge < -0.3 is 10.2 Å². The maximum Gasteiger partial charge on any atom is 0.243 e. The Morgan fingerprint density at radius 2 is 1.55 bits per heavy atom. The SMILES string of the molecule is CC(C)C(=O)N(Cc1ccc(F)cc1)C(Cc1ccccc1)C(=O)NCc1ccccc1Cl. The van der Waals surface area contributed by atoms with E-state index in [1.807, 2.05) is 48.5 Å². The van der Waals surface area contributed by atoms with Crippen LogP contribution in [0.3, 0.4) is 0 Å². The van der Waals surface area contributed by atoms with E-state index in [1.165, 1.54) is 12.1 Å². The first kappa shape index (κ1) is 24.5. The highest BCUT2D eigenvalue weighted by molar-refractivity contribution is 6.31. The first-order valence-corrected chi connectivity index (χ1v) is 11.3. The lowest BCUT2D eigenvalue weighted by Crippen LogP contribution is -2.51. The van der Waals surface area contributed by atoms with E-state index in [4.69, 9.17) is 11.6 Å². The first-order valence-electron chi connectivity index (χ1n) is 10.9. The number of hydrogen-bond acceptors (Lipinski definition) is 2. The summed E-state index contributed by atoms with van der Waals surface area (Å²) in [6.45, 7) is 4.07. The summed E-state index contributed by atoms with van der Waals surface area (Å²) < 4.78 is 13.4. The molecule has 0 bridgehead atoms. The Morgan fingerprint density at radius 3 is 2.18 bits per heavy atom. The molecule has 3 aromatic carbocycles. The van der Waals surface area contributed by atoms with E-state index in [9.17, 15) is 14.0 Å². The molecule has 33 heavy (non-hydrogen) atoms. The van der Waals surface area contributed by atoms with Gasteiger partial charge in [0.1, 0.15) is 11.9 Å². The van der Waals surface area contributed by atoms with Crippen LogP contribution in [0.2, 0.25) is 5.02 Å². The number of rotatable bonds is 9. The number of nitrogens with zero attached hydrogens (tertiary/aromatic N) is 1. The molecule has 0 aromatic heterocycles. The second kappa shape index (κ2) is 11.6. The number of carbonyl (C=O) groups excluding carboxylic acids is 2. The van der Waals surface area contributed by atoms with Gasteiger partial charge >= 0.3 is 0 Å². The predicted octanol–water partition coefficient (Wildman–Crippen LogP) is 5.39. The summed E-state index contributed by atoms with van der Waals surface area (Å²) in [5.74, 6) is -1.07. The third-order valence-electron chi connectivity index (χ3n) is 5.40. The molecule has 0 fully saturated rings. The van der Waals surface area contributed by atoms with Crippen molar-refractivity contribution in [3.05, 3.63) is 106 Å². The van der Waals surface area contributed by atoms with Crippen LogP contribution in [0.5, 0.6) is 0 Å². The summed E-state index contributed by atoms with van der Waals surface area (Å²) >= 11 is 6.25. The Hall–Kier alpha value is -3.18. The number of carbonyl (C=O) groups is 2. The average Bonchev–Trinajstić information content (AvgIpc) is 2.82. The maximum atomic E-state index is 13.4. The highest BCUT2D eigenvalue weighted by Crippen LogP contribution is 2.19. The van der Waals surface area contributed by atoms with Crippen LogP contribution in [0.25, 0.3) is 0 Å². The zero-order valence-electron chi connectivity index (χ0n) is 18.8. The van der Waals surface area contributed by atoms with Crippen LogP contribution in [0, 0.1) is 11.7 Å². The summed E-state index contributed by atoms with van der Waals surface area (Å²) in [6, 6.07) is 22.1. The Bertz CT molecular complexity index is 1070. The second-order valence-corrected chi connectivity index (χ2v) is 8.67. The molecule has 4 nitrogen and oxygen atoms in total. The Kier molecular flexibility index (Phi) is 8.61. The van der Waals surface area contributed by atoms with Gasteiger partial charge in [0.15, 0.2) is 0 Å². The summed E-state index contributed by atoms with van der Waals surface area (Å²) in [5, 5.41) is 3.52. The van der Waals surface area contributed by atoms with Crippen molar-refractivity contribution in [3.63, 3.8) is 0 Å². The molecule has 1 unspecified atom stereocenters. The van der Waals surface area contributed by atoms with Crippen LogP contribution in [0.4, 0.5) is 4.39 Å². The molecule has 0 radical (unpaired) electrons. The standard InChI is InChI=1S/C27H28ClFN2O2/c1-19(2)27(33)31(18-21-12-14-23(29)15-13-21)25(16-20-8-4-3-5-9-20)26(32)30-17-22-10-6-7-11-24(22)28/h3-15,19,25H,16-18H2,1-2H3,(H,30,32). The van der Waals surface area contributed by atoms with Gasteiger partial charge in [-0.05, 0) is 34.9 Å². The van der Waals surface area contributed by atoms with E-state index in [0.29, 0.717) is 11.4 Å². The van der Waals surface area contributed by atoms with E-state index >= 15 is 0 Å². The molecule has 2 amide bonds. The largest absolute Gasteiger partial charge is 0.350 e. The summed E-state index contributed by atoms with van der Waals surface area (Å²) in [7, 11) is 0. The lowest BCUT2D eigenvalue weighted by Gasteiger charge is -2.33. The van der Waals surface area contributed by atoms with E-state index < -0.39 is 6.04 Å². The van der Waals surface area contributed by atoms with Crippen molar-refractivity contribution in [2.24, 2.45) is 5.92 Å². The van der Waals surface area contributed by atoms with E-state index in [2.05, 4.69) is 5.32 Å². The lowest BCUT2D eigenvalue weighted by atomic mass is 10.0. The monoisotopic (exact) mass is 466 g/mol. The Labute approximate surface area is 199 Å². The maximum absolute atomic E-state index is 13.4. The summed E-state index contributed by atoms with van der Waals surface area (Å²) in [5.41, 5.74) is 2.49. The van der Waals surface area contributed by atoms with Crippen LogP contribution in [-0.2, 0) is 29.1 Å². The molecular weight excluding hydrogens is 439 g/mol. The molecule has 0 heterocycles. The molecule has 0 saturated heterocycles. The minimum Gasteiger partial charge on any atom is -0.350 e. The third-order valence-corrected chi connectivity index (χ3v) is 5.77. The molecular formula is C27H28ClFN2O2. The highest BCUT2D eigenvalue weighted by atomic mass is 35.5. The zero-order chi connectivity index (χ0) is 23.8. The molecule has 3 aromatic rings. The number of nitrogens with one attached hydrogen (secondary N) is 1. The van der Waals surface area contributed by atoms with Gasteiger partial charge in [-0.25, -0.2) is 4.39 Å². The quantitative estimate of drug-likeness (QED) is 0.459. The zero-order valence-corrected chi connectivity index (χ0v) is 19.6. The van der Waals surface area contributed by atoms with Crippen LogP contribution in [0.15, 0.2) is 78.9 Å². The lowest BCUT2D eigenvalue weighted by molar-refractivity contribution is -0.143. The van der Waals surface area contributed by atoms with Crippen molar-refractivity contribution in [2.75, 3.05) is 0 Å². The van der Waals surface area contributed by atoms with Gasteiger partial charge in [0.05, 0.1) is 0 Å². The molecule has 1 atom stereocenters. The molecule has 6 heteroatoms. The minimum atomic E-state index is -0.741. The molecule has 3 rings (SSSR count). The third kappa shape index (κ3) is 6.90. The fraction of sp³-hybridized carbons (Fsp3) is 0.259. The number of benzene rings is 3. The van der Waals surface area contributed by atoms with Crippen molar-refractivity contribution in [3.8, 4) is 0 Å². The molecule has 0 aliphatic heterocycles. The highest BCUT2D eigenvalue weighted by Gasteiger charge is 2.31. The van der Waals surface area contributed by atoms with Gasteiger partial charge in [0.25, 0.3) is 0 Å². The molecule has 0 saturated carbocycles. The summed E-state index contributed by atoms with van der Waals surface area (Å²) in [4.78, 5) is 28.3. The Morgan fingerprint density at radius 1 is 0.909 bits per heavy atom. The smallest absolute Gasteiger partial charge is 0.243 e. The number of amides is 2. The first-order chi connectivity index (χ1) is 15.8. The van der Waals surface area contributed by atoms with Gasteiger partial charge in [-0.3, -0.25) is 9.59 Å². The van der Waals surface area contributed by atoms with E-state index in [0.717, 1.165) is 16.7 Å². The molecule has 1 N–H and O–H groups in total. The van der Waals surface area contributed by atoms with Crippen molar-refractivity contribution < 1.29 is 14.0 Å². The van der Waals surface area contributed by atoms with Crippen LogP contribution in [-0.4, -0.2) is 22.8 Å². The van der Waals surface area contributed by atoms with E-state index in [1.54, 1.807) is 36.9 Å². The minimum absolute atomic E-state index is 0.145. The van der Waals surface area contributed by atoms with Gasteiger partial charge in [-0.15, -0.1) is 0 Å². The fourth-order valence-electron chi connectivity index (χ4n) is 3.58. The van der Waals surface area contributed by atoms with Crippen molar-refractivity contribution in [1.29, 1.82) is 0 Å². The average molecular weight is 467 g/mol. The van der Waals surface area contributed by atoms with Gasteiger partial charge in [-0.1, -0.05) is 86.1 Å². The van der Waals surface area contributed by atoms with Crippen LogP contribution >= 0.6 is 11.6 Å². The molecule has 172 valence electrons. The van der Waals surface area contributed by atoms with E-state index in [-0.39, 0.29) is 36.6 Å². The van der Waals surface area contributed by atoms with Crippen LogP contribution < -0.4 is 5.32 Å². The van der Waals surface area contributed by atoms with Gasteiger partial charge in [-0.2, -0.15) is 0 Å². The van der Waals surface area contributed by atoms with Crippen LogP contribution in [0.1, 0.15) is 30.5 Å². The van der Waals surface area contributed by atoms with Gasteiger partial charge in [0.2, 0.25) is 11.8 Å². The molecule has 0 aliphatic rings. The van der Waals surface area contributed by atoms with Crippen molar-refractivity contribution >= 4 is 23.4 Å². The van der Waals surface area contributed by atoms with Crippen molar-refractivity contribution in [1.82, 2.24) is 10.2 Å². The molecule has 0 aliphatic carbocycles. The topological polar surface area (TPSA) is 49.4 Å².